The van der Waals surface area contributed by atoms with Crippen molar-refractivity contribution in [2.75, 3.05) is 13.7 Å². The van der Waals surface area contributed by atoms with Gasteiger partial charge in [-0.3, -0.25) is 5.43 Å². The fraction of sp³-hybridized carbons (Fsp3) is 0.200. The highest BCUT2D eigenvalue weighted by Crippen LogP contribution is 2.31. The van der Waals surface area contributed by atoms with Gasteiger partial charge in [0.2, 0.25) is 0 Å². The van der Waals surface area contributed by atoms with Crippen LogP contribution < -0.4 is 20.2 Å². The van der Waals surface area contributed by atoms with Gasteiger partial charge in [0, 0.05) is 6.54 Å². The molecule has 0 saturated carbocycles. The third-order valence-corrected chi connectivity index (χ3v) is 3.78. The van der Waals surface area contributed by atoms with Crippen LogP contribution in [0.1, 0.15) is 24.2 Å². The smallest absolute Gasteiger partial charge is 0.187 e. The Bertz CT molecular complexity index is 763. The molecule has 1 atom stereocenters. The average Bonchev–Trinajstić information content (AvgIpc) is 2.68. The minimum atomic E-state index is -0.0837. The first-order valence-electron chi connectivity index (χ1n) is 8.21. The van der Waals surface area contributed by atoms with Gasteiger partial charge in [-0.05, 0) is 48.5 Å². The van der Waals surface area contributed by atoms with E-state index in [0.717, 1.165) is 11.1 Å². The summed E-state index contributed by atoms with van der Waals surface area (Å²) in [5, 5.41) is 7.46. The number of nitrogens with one attached hydrogen (secondary N) is 2. The molecular formula is C20H23N3O2S. The van der Waals surface area contributed by atoms with E-state index in [4.69, 9.17) is 21.7 Å². The van der Waals surface area contributed by atoms with Crippen LogP contribution in [0.2, 0.25) is 0 Å². The van der Waals surface area contributed by atoms with Crippen molar-refractivity contribution in [3.63, 3.8) is 0 Å². The lowest BCUT2D eigenvalue weighted by Gasteiger charge is -2.17. The van der Waals surface area contributed by atoms with E-state index in [1.54, 1.807) is 19.4 Å². The minimum Gasteiger partial charge on any atom is -0.493 e. The molecule has 0 spiro atoms. The molecule has 136 valence electrons. The Hall–Kier alpha value is -2.86. The van der Waals surface area contributed by atoms with Gasteiger partial charge in [-0.1, -0.05) is 36.4 Å². The Morgan fingerprint density at radius 3 is 2.69 bits per heavy atom. The number of methoxy groups -OCH3 is 1. The fourth-order valence-corrected chi connectivity index (χ4v) is 2.35. The molecule has 2 N–H and O–H groups in total. The summed E-state index contributed by atoms with van der Waals surface area (Å²) in [5.74, 6) is 1.32. The first-order chi connectivity index (χ1) is 12.6. The van der Waals surface area contributed by atoms with Crippen LogP contribution in [-0.4, -0.2) is 25.0 Å². The van der Waals surface area contributed by atoms with Crippen LogP contribution in [0.15, 0.2) is 66.3 Å². The van der Waals surface area contributed by atoms with Crippen molar-refractivity contribution >= 4 is 23.5 Å². The summed E-state index contributed by atoms with van der Waals surface area (Å²) >= 11 is 5.07. The number of hydrazone groups is 1. The van der Waals surface area contributed by atoms with Gasteiger partial charge in [0.15, 0.2) is 16.6 Å². The highest BCUT2D eigenvalue weighted by Gasteiger charge is 2.11. The highest BCUT2D eigenvalue weighted by molar-refractivity contribution is 7.80. The van der Waals surface area contributed by atoms with E-state index in [0.29, 0.717) is 23.2 Å². The Morgan fingerprint density at radius 1 is 1.23 bits per heavy atom. The fourth-order valence-electron chi connectivity index (χ4n) is 2.21. The van der Waals surface area contributed by atoms with Gasteiger partial charge < -0.3 is 14.8 Å². The van der Waals surface area contributed by atoms with Crippen molar-refractivity contribution in [2.24, 2.45) is 5.10 Å². The number of nitrogens with zero attached hydrogens (tertiary/aromatic N) is 1. The van der Waals surface area contributed by atoms with Gasteiger partial charge in [0.1, 0.15) is 6.10 Å². The lowest BCUT2D eigenvalue weighted by atomic mass is 10.1. The molecular weight excluding hydrogens is 346 g/mol. The maximum absolute atomic E-state index is 6.04. The Morgan fingerprint density at radius 2 is 2.00 bits per heavy atom. The molecule has 2 aromatic carbocycles. The monoisotopic (exact) mass is 369 g/mol. The summed E-state index contributed by atoms with van der Waals surface area (Å²) < 4.78 is 11.5. The maximum Gasteiger partial charge on any atom is 0.187 e. The van der Waals surface area contributed by atoms with E-state index in [-0.39, 0.29) is 6.10 Å². The molecule has 1 unspecified atom stereocenters. The molecule has 0 radical (unpaired) electrons. The van der Waals surface area contributed by atoms with Crippen LogP contribution in [0, 0.1) is 0 Å². The Balaban J connectivity index is 2.02. The summed E-state index contributed by atoms with van der Waals surface area (Å²) in [6.07, 6.45) is 3.30. The maximum atomic E-state index is 6.04. The number of benzene rings is 2. The first-order valence-corrected chi connectivity index (χ1v) is 8.62. The van der Waals surface area contributed by atoms with Gasteiger partial charge in [0.25, 0.3) is 0 Å². The predicted molar refractivity (Wildman–Crippen MR) is 110 cm³/mol. The molecule has 0 aliphatic heterocycles. The molecule has 0 aromatic heterocycles. The van der Waals surface area contributed by atoms with Crippen molar-refractivity contribution in [1.29, 1.82) is 0 Å². The van der Waals surface area contributed by atoms with E-state index < -0.39 is 0 Å². The normalized spacial score (nSPS) is 11.6. The Kier molecular flexibility index (Phi) is 7.64. The summed E-state index contributed by atoms with van der Waals surface area (Å²) in [5.41, 5.74) is 4.71. The summed E-state index contributed by atoms with van der Waals surface area (Å²) in [4.78, 5) is 0. The van der Waals surface area contributed by atoms with Gasteiger partial charge in [0.05, 0.1) is 13.3 Å². The van der Waals surface area contributed by atoms with Crippen LogP contribution in [-0.2, 0) is 0 Å². The minimum absolute atomic E-state index is 0.0837. The van der Waals surface area contributed by atoms with E-state index >= 15 is 0 Å². The zero-order chi connectivity index (χ0) is 18.8. The molecule has 26 heavy (non-hydrogen) atoms. The van der Waals surface area contributed by atoms with Gasteiger partial charge in [-0.25, -0.2) is 0 Å². The second-order valence-electron chi connectivity index (χ2n) is 5.45. The largest absolute Gasteiger partial charge is 0.493 e. The molecule has 0 bridgehead atoms. The molecule has 0 aliphatic rings. The molecule has 0 amide bonds. The van der Waals surface area contributed by atoms with E-state index in [9.17, 15) is 0 Å². The third-order valence-electron chi connectivity index (χ3n) is 3.55. The molecule has 0 saturated heterocycles. The van der Waals surface area contributed by atoms with E-state index in [1.807, 2.05) is 55.5 Å². The number of ether oxygens (including phenoxy) is 2. The SMILES string of the molecule is C=CCNC(=S)N/N=C/c1ccc(OC(C)c2ccccc2)c(OC)c1. The molecule has 0 fully saturated rings. The predicted octanol–water partition coefficient (Wildman–Crippen LogP) is 3.82. The quantitative estimate of drug-likeness (QED) is 0.321. The molecule has 6 heteroatoms. The third kappa shape index (κ3) is 5.89. The first kappa shape index (κ1) is 19.5. The summed E-state index contributed by atoms with van der Waals surface area (Å²) in [6, 6.07) is 15.7. The number of hydrogen-bond acceptors (Lipinski definition) is 4. The van der Waals surface area contributed by atoms with Crippen LogP contribution in [0.25, 0.3) is 0 Å². The second kappa shape index (κ2) is 10.2. The van der Waals surface area contributed by atoms with Crippen molar-refractivity contribution in [3.8, 4) is 11.5 Å². The van der Waals surface area contributed by atoms with Crippen molar-refractivity contribution in [1.82, 2.24) is 10.7 Å². The molecule has 2 aromatic rings. The van der Waals surface area contributed by atoms with Crippen molar-refractivity contribution in [2.45, 2.75) is 13.0 Å². The zero-order valence-corrected chi connectivity index (χ0v) is 15.8. The van der Waals surface area contributed by atoms with Gasteiger partial charge in [-0.15, -0.1) is 6.58 Å². The van der Waals surface area contributed by atoms with Crippen LogP contribution in [0.4, 0.5) is 0 Å². The number of thiocarbonyl (C=S) groups is 1. The van der Waals surface area contributed by atoms with Crippen molar-refractivity contribution < 1.29 is 9.47 Å². The average molecular weight is 369 g/mol. The highest BCUT2D eigenvalue weighted by atomic mass is 32.1. The van der Waals surface area contributed by atoms with E-state index in [1.165, 1.54) is 0 Å². The zero-order valence-electron chi connectivity index (χ0n) is 14.9. The topological polar surface area (TPSA) is 54.9 Å². The molecule has 0 aliphatic carbocycles. The van der Waals surface area contributed by atoms with E-state index in [2.05, 4.69) is 22.4 Å². The lowest BCUT2D eigenvalue weighted by molar-refractivity contribution is 0.216. The number of rotatable bonds is 8. The van der Waals surface area contributed by atoms with Gasteiger partial charge in [-0.2, -0.15) is 5.10 Å². The lowest BCUT2D eigenvalue weighted by Crippen LogP contribution is -2.31. The van der Waals surface area contributed by atoms with Gasteiger partial charge >= 0.3 is 0 Å². The number of hydrogen-bond donors (Lipinski definition) is 2. The molecule has 0 heterocycles. The Labute approximate surface area is 159 Å². The summed E-state index contributed by atoms with van der Waals surface area (Å²) in [7, 11) is 1.61. The van der Waals surface area contributed by atoms with Crippen molar-refractivity contribution in [3.05, 3.63) is 72.3 Å². The standard InChI is InChI=1S/C20H23N3O2S/c1-4-12-21-20(26)23-22-14-16-10-11-18(19(13-16)24-3)25-15(2)17-8-6-5-7-9-17/h4-11,13-15H,1,12H2,2-3H3,(H2,21,23,26)/b22-14+. The van der Waals surface area contributed by atoms with Crippen LogP contribution >= 0.6 is 12.2 Å². The van der Waals surface area contributed by atoms with Crippen LogP contribution in [0.3, 0.4) is 0 Å². The second-order valence-corrected chi connectivity index (χ2v) is 5.86. The molecule has 2 rings (SSSR count). The summed E-state index contributed by atoms with van der Waals surface area (Å²) in [6.45, 7) is 6.20. The van der Waals surface area contributed by atoms with Crippen LogP contribution in [0.5, 0.6) is 11.5 Å². The molecule has 5 nitrogen and oxygen atoms in total.